The first-order chi connectivity index (χ1) is 13.3. The van der Waals surface area contributed by atoms with Crippen molar-refractivity contribution < 1.29 is 36.2 Å². The predicted octanol–water partition coefficient (Wildman–Crippen LogP) is 5.69. The van der Waals surface area contributed by atoms with Crippen LogP contribution in [0.15, 0.2) is 36.4 Å². The number of rotatable bonds is 6. The molecule has 158 valence electrons. The molecule has 0 aliphatic rings. The molecule has 0 unspecified atom stereocenters. The molecule has 3 nitrogen and oxygen atoms in total. The molecule has 0 bridgehead atoms. The quantitative estimate of drug-likeness (QED) is 0.592. The average Bonchev–Trinajstić information content (AvgIpc) is 2.63. The summed E-state index contributed by atoms with van der Waals surface area (Å²) in [6.45, 7) is 3.44. The molecule has 0 spiro atoms. The van der Waals surface area contributed by atoms with Gasteiger partial charge in [0.1, 0.15) is 0 Å². The second kappa shape index (κ2) is 8.44. The third-order valence-electron chi connectivity index (χ3n) is 4.46. The maximum atomic E-state index is 13.3. The van der Waals surface area contributed by atoms with Crippen molar-refractivity contribution in [2.75, 3.05) is 6.54 Å². The van der Waals surface area contributed by atoms with Gasteiger partial charge in [0.2, 0.25) is 0 Å². The van der Waals surface area contributed by atoms with Gasteiger partial charge >= 0.3 is 18.3 Å². The van der Waals surface area contributed by atoms with Crippen molar-refractivity contribution >= 4 is 5.97 Å². The summed E-state index contributed by atoms with van der Waals surface area (Å²) in [5, 5.41) is 12.0. The van der Waals surface area contributed by atoms with Crippen molar-refractivity contribution in [2.45, 2.75) is 38.7 Å². The van der Waals surface area contributed by atoms with E-state index in [0.717, 1.165) is 30.3 Å². The van der Waals surface area contributed by atoms with E-state index in [9.17, 15) is 36.2 Å². The van der Waals surface area contributed by atoms with Gasteiger partial charge in [0.15, 0.2) is 0 Å². The molecule has 0 aromatic heterocycles. The maximum absolute atomic E-state index is 13.3. The highest BCUT2D eigenvalue weighted by molar-refractivity contribution is 5.78. The van der Waals surface area contributed by atoms with Crippen LogP contribution in [0.3, 0.4) is 0 Å². The largest absolute Gasteiger partial charge is 0.481 e. The fourth-order valence-electron chi connectivity index (χ4n) is 2.82. The minimum Gasteiger partial charge on any atom is -0.481 e. The number of halogens is 6. The van der Waals surface area contributed by atoms with E-state index in [0.29, 0.717) is 6.54 Å². The van der Waals surface area contributed by atoms with E-state index < -0.39 is 35.4 Å². The van der Waals surface area contributed by atoms with Crippen LogP contribution < -0.4 is 5.32 Å². The minimum absolute atomic E-state index is 0.00422. The molecule has 2 N–H and O–H groups in total. The second-order valence-corrected chi connectivity index (χ2v) is 6.55. The number of nitrogens with one attached hydrogen (secondary N) is 1. The molecule has 1 atom stereocenters. The van der Waals surface area contributed by atoms with E-state index in [1.165, 1.54) is 13.0 Å². The van der Waals surface area contributed by atoms with Gasteiger partial charge in [-0.05, 0) is 60.0 Å². The Morgan fingerprint density at radius 3 is 2.14 bits per heavy atom. The molecule has 29 heavy (non-hydrogen) atoms. The number of hydrogen-bond donors (Lipinski definition) is 2. The number of alkyl halides is 6. The van der Waals surface area contributed by atoms with Gasteiger partial charge in [0, 0.05) is 6.54 Å². The summed E-state index contributed by atoms with van der Waals surface area (Å²) in [5.41, 5.74) is -1.73. The van der Waals surface area contributed by atoms with Crippen LogP contribution in [0, 0.1) is 0 Å². The Hall–Kier alpha value is -2.55. The molecule has 0 amide bonds. The summed E-state index contributed by atoms with van der Waals surface area (Å²) >= 11 is 0. The van der Waals surface area contributed by atoms with Crippen molar-refractivity contribution in [2.24, 2.45) is 0 Å². The highest BCUT2D eigenvalue weighted by Gasteiger charge is 2.33. The van der Waals surface area contributed by atoms with Gasteiger partial charge in [-0.25, -0.2) is 0 Å². The van der Waals surface area contributed by atoms with Gasteiger partial charge in [0.25, 0.3) is 0 Å². The first-order valence-corrected chi connectivity index (χ1v) is 8.70. The Morgan fingerprint density at radius 1 is 1.00 bits per heavy atom. The van der Waals surface area contributed by atoms with Crippen LogP contribution >= 0.6 is 0 Å². The van der Waals surface area contributed by atoms with Crippen LogP contribution in [-0.4, -0.2) is 17.6 Å². The number of hydrogen-bond acceptors (Lipinski definition) is 2. The molecular weight excluding hydrogens is 400 g/mol. The smallest absolute Gasteiger partial charge is 0.416 e. The van der Waals surface area contributed by atoms with Crippen LogP contribution in [0.2, 0.25) is 0 Å². The standard InChI is InChI=1S/C20H19F6NO2/c1-3-27-10-14-9-15(19(21,22)23)4-5-17(14)13-6-12(11(2)18(28)29)7-16(8-13)20(24,25)26/h4-9,11,27H,3,10H2,1-2H3,(H,28,29)/t11-/m0/s1. The monoisotopic (exact) mass is 419 g/mol. The summed E-state index contributed by atoms with van der Waals surface area (Å²) < 4.78 is 79.2. The zero-order chi connectivity index (χ0) is 22.0. The number of benzene rings is 2. The fourth-order valence-corrected chi connectivity index (χ4v) is 2.82. The normalized spacial score (nSPS) is 13.4. The molecule has 0 aliphatic heterocycles. The van der Waals surface area contributed by atoms with Crippen molar-refractivity contribution in [3.8, 4) is 11.1 Å². The van der Waals surface area contributed by atoms with E-state index >= 15 is 0 Å². The van der Waals surface area contributed by atoms with E-state index in [2.05, 4.69) is 5.32 Å². The van der Waals surface area contributed by atoms with Crippen LogP contribution in [0.5, 0.6) is 0 Å². The lowest BCUT2D eigenvalue weighted by molar-refractivity contribution is -0.139. The van der Waals surface area contributed by atoms with Gasteiger partial charge in [-0.15, -0.1) is 0 Å². The topological polar surface area (TPSA) is 49.3 Å². The van der Waals surface area contributed by atoms with Crippen molar-refractivity contribution in [1.29, 1.82) is 0 Å². The van der Waals surface area contributed by atoms with E-state index in [1.54, 1.807) is 6.92 Å². The highest BCUT2D eigenvalue weighted by Crippen LogP contribution is 2.38. The lowest BCUT2D eigenvalue weighted by Crippen LogP contribution is -2.15. The van der Waals surface area contributed by atoms with Crippen molar-refractivity contribution in [1.82, 2.24) is 5.32 Å². The summed E-state index contributed by atoms with van der Waals surface area (Å²) in [6.07, 6.45) is -9.34. The molecular formula is C20H19F6NO2. The van der Waals surface area contributed by atoms with Crippen LogP contribution in [-0.2, 0) is 23.7 Å². The molecule has 0 radical (unpaired) electrons. The van der Waals surface area contributed by atoms with Gasteiger partial charge < -0.3 is 10.4 Å². The lowest BCUT2D eigenvalue weighted by Gasteiger charge is -2.18. The van der Waals surface area contributed by atoms with Gasteiger partial charge in [-0.1, -0.05) is 19.1 Å². The molecule has 9 heteroatoms. The average molecular weight is 419 g/mol. The fraction of sp³-hybridized carbons (Fsp3) is 0.350. The maximum Gasteiger partial charge on any atom is 0.416 e. The molecule has 0 heterocycles. The Morgan fingerprint density at radius 2 is 1.62 bits per heavy atom. The molecule has 0 saturated carbocycles. The number of aliphatic carboxylic acids is 1. The molecule has 0 fully saturated rings. The van der Waals surface area contributed by atoms with Gasteiger partial charge in [-0.3, -0.25) is 4.79 Å². The Bertz CT molecular complexity index is 890. The van der Waals surface area contributed by atoms with Crippen LogP contribution in [0.1, 0.15) is 42.0 Å². The molecule has 0 aliphatic carbocycles. The summed E-state index contributed by atoms with van der Waals surface area (Å²) in [6, 6.07) is 5.63. The highest BCUT2D eigenvalue weighted by atomic mass is 19.4. The van der Waals surface area contributed by atoms with E-state index in [-0.39, 0.29) is 28.8 Å². The van der Waals surface area contributed by atoms with Crippen LogP contribution in [0.4, 0.5) is 26.3 Å². The number of carbonyl (C=O) groups is 1. The molecule has 0 saturated heterocycles. The zero-order valence-corrected chi connectivity index (χ0v) is 15.6. The first kappa shape index (κ1) is 22.7. The van der Waals surface area contributed by atoms with Crippen molar-refractivity contribution in [3.63, 3.8) is 0 Å². The SMILES string of the molecule is CCNCc1cc(C(F)(F)F)ccc1-c1cc([C@H](C)C(=O)O)cc(C(F)(F)F)c1. The second-order valence-electron chi connectivity index (χ2n) is 6.55. The summed E-state index contributed by atoms with van der Waals surface area (Å²) in [4.78, 5) is 11.3. The Labute approximate surface area is 163 Å². The van der Waals surface area contributed by atoms with Gasteiger partial charge in [0.05, 0.1) is 17.0 Å². The summed E-state index contributed by atoms with van der Waals surface area (Å²) in [7, 11) is 0. The zero-order valence-electron chi connectivity index (χ0n) is 15.6. The van der Waals surface area contributed by atoms with Gasteiger partial charge in [-0.2, -0.15) is 26.3 Å². The molecule has 2 rings (SSSR count). The predicted molar refractivity (Wildman–Crippen MR) is 95.3 cm³/mol. The van der Waals surface area contributed by atoms with E-state index in [1.807, 2.05) is 0 Å². The first-order valence-electron chi connectivity index (χ1n) is 8.70. The lowest BCUT2D eigenvalue weighted by atomic mass is 9.91. The van der Waals surface area contributed by atoms with Crippen molar-refractivity contribution in [3.05, 3.63) is 58.7 Å². The minimum atomic E-state index is -4.74. The third-order valence-corrected chi connectivity index (χ3v) is 4.46. The molecule has 2 aromatic rings. The van der Waals surface area contributed by atoms with Crippen LogP contribution in [0.25, 0.3) is 11.1 Å². The number of carboxylic acid groups (broad SMARTS) is 1. The van der Waals surface area contributed by atoms with E-state index in [4.69, 9.17) is 0 Å². The summed E-state index contributed by atoms with van der Waals surface area (Å²) in [5.74, 6) is -2.53. The number of carboxylic acids is 1. The Balaban J connectivity index is 2.71. The Kier molecular flexibility index (Phi) is 6.62. The third kappa shape index (κ3) is 5.50. The molecule has 2 aromatic carbocycles.